The van der Waals surface area contributed by atoms with Gasteiger partial charge in [0.1, 0.15) is 11.4 Å². The summed E-state index contributed by atoms with van der Waals surface area (Å²) < 4.78 is 30.1. The van der Waals surface area contributed by atoms with Gasteiger partial charge in [-0.15, -0.1) is 0 Å². The first-order chi connectivity index (χ1) is 16.1. The number of anilines is 1. The van der Waals surface area contributed by atoms with Gasteiger partial charge >= 0.3 is 11.8 Å². The highest BCUT2D eigenvalue weighted by Crippen LogP contribution is 2.27. The van der Waals surface area contributed by atoms with Crippen LogP contribution in [0.15, 0.2) is 36.6 Å². The van der Waals surface area contributed by atoms with Gasteiger partial charge in [-0.2, -0.15) is 0 Å². The van der Waals surface area contributed by atoms with Crippen LogP contribution in [0.3, 0.4) is 0 Å². The number of ether oxygens (including phenoxy) is 1. The van der Waals surface area contributed by atoms with Gasteiger partial charge in [0.25, 0.3) is 0 Å². The molecule has 1 aromatic carbocycles. The van der Waals surface area contributed by atoms with Gasteiger partial charge in [-0.3, -0.25) is 4.52 Å². The summed E-state index contributed by atoms with van der Waals surface area (Å²) in [7, 11) is 0. The molecule has 1 aliphatic rings. The molecule has 0 saturated carbocycles. The van der Waals surface area contributed by atoms with Crippen molar-refractivity contribution in [2.24, 2.45) is 5.92 Å². The van der Waals surface area contributed by atoms with E-state index in [1.807, 2.05) is 20.8 Å². The zero-order chi connectivity index (χ0) is 24.5. The molecule has 1 amide bonds. The SMILES string of the molecule is CC(C)(C)OC(=O)N1CCC(CNc2nonc2-c2noc(=O)n2-c2ccc(F)c(Br)c2)CC1. The van der Waals surface area contributed by atoms with E-state index in [1.54, 1.807) is 4.90 Å². The van der Waals surface area contributed by atoms with Crippen LogP contribution in [0.2, 0.25) is 0 Å². The molecule has 0 unspecified atom stereocenters. The molecule has 2 aromatic heterocycles. The second-order valence-corrected chi connectivity index (χ2v) is 9.81. The summed E-state index contributed by atoms with van der Waals surface area (Å²) in [6.45, 7) is 7.26. The molecular formula is C21H24BrFN6O5. The molecule has 1 saturated heterocycles. The minimum Gasteiger partial charge on any atom is -0.444 e. The van der Waals surface area contributed by atoms with Gasteiger partial charge in [0, 0.05) is 19.6 Å². The predicted octanol–water partition coefficient (Wildman–Crippen LogP) is 3.84. The van der Waals surface area contributed by atoms with Crippen molar-refractivity contribution in [3.63, 3.8) is 0 Å². The Morgan fingerprint density at radius 2 is 2.00 bits per heavy atom. The van der Waals surface area contributed by atoms with Crippen LogP contribution in [0.25, 0.3) is 17.2 Å². The average Bonchev–Trinajstić information content (AvgIpc) is 3.39. The Morgan fingerprint density at radius 1 is 1.26 bits per heavy atom. The lowest BCUT2D eigenvalue weighted by Crippen LogP contribution is -2.42. The van der Waals surface area contributed by atoms with E-state index >= 15 is 0 Å². The zero-order valence-electron chi connectivity index (χ0n) is 18.9. The molecule has 1 aliphatic heterocycles. The smallest absolute Gasteiger partial charge is 0.444 e. The molecular weight excluding hydrogens is 515 g/mol. The van der Waals surface area contributed by atoms with Crippen molar-refractivity contribution in [1.29, 1.82) is 0 Å². The topological polar surface area (TPSA) is 129 Å². The second-order valence-electron chi connectivity index (χ2n) is 8.96. The molecule has 3 aromatic rings. The number of benzene rings is 1. The van der Waals surface area contributed by atoms with Crippen molar-refractivity contribution in [3.05, 3.63) is 39.0 Å². The molecule has 3 heterocycles. The molecule has 13 heteroatoms. The molecule has 1 fully saturated rings. The lowest BCUT2D eigenvalue weighted by Gasteiger charge is -2.33. The van der Waals surface area contributed by atoms with E-state index < -0.39 is 17.2 Å². The normalized spacial score (nSPS) is 14.9. The maximum atomic E-state index is 13.6. The number of likely N-dealkylation sites (tertiary alicyclic amines) is 1. The predicted molar refractivity (Wildman–Crippen MR) is 122 cm³/mol. The van der Waals surface area contributed by atoms with Crippen LogP contribution in [-0.4, -0.2) is 56.3 Å². The first-order valence-electron chi connectivity index (χ1n) is 10.7. The maximum Gasteiger partial charge on any atom is 0.446 e. The highest BCUT2D eigenvalue weighted by atomic mass is 79.9. The zero-order valence-corrected chi connectivity index (χ0v) is 20.5. The molecule has 0 radical (unpaired) electrons. The van der Waals surface area contributed by atoms with Crippen molar-refractivity contribution < 1.29 is 23.1 Å². The van der Waals surface area contributed by atoms with Crippen LogP contribution >= 0.6 is 15.9 Å². The number of piperidine rings is 1. The maximum absolute atomic E-state index is 13.6. The highest BCUT2D eigenvalue weighted by molar-refractivity contribution is 9.10. The lowest BCUT2D eigenvalue weighted by molar-refractivity contribution is 0.0188. The Hall–Kier alpha value is -3.22. The quantitative estimate of drug-likeness (QED) is 0.514. The summed E-state index contributed by atoms with van der Waals surface area (Å²) in [6.07, 6.45) is 1.26. The van der Waals surface area contributed by atoms with Crippen molar-refractivity contribution >= 4 is 27.8 Å². The minimum absolute atomic E-state index is 0.0620. The van der Waals surface area contributed by atoms with E-state index in [0.717, 1.165) is 17.4 Å². The Labute approximate surface area is 202 Å². The minimum atomic E-state index is -0.767. The van der Waals surface area contributed by atoms with E-state index in [2.05, 4.69) is 36.7 Å². The van der Waals surface area contributed by atoms with Gasteiger partial charge in [0.05, 0.1) is 10.2 Å². The van der Waals surface area contributed by atoms with E-state index in [0.29, 0.717) is 25.3 Å². The number of nitrogens with zero attached hydrogens (tertiary/aromatic N) is 5. The van der Waals surface area contributed by atoms with E-state index in [9.17, 15) is 14.0 Å². The summed E-state index contributed by atoms with van der Waals surface area (Å²) in [5, 5.41) is 14.8. The number of halogens is 2. The van der Waals surface area contributed by atoms with Crippen LogP contribution in [0.1, 0.15) is 33.6 Å². The lowest BCUT2D eigenvalue weighted by atomic mass is 9.97. The number of hydrogen-bond acceptors (Lipinski definition) is 9. The summed E-state index contributed by atoms with van der Waals surface area (Å²) in [4.78, 5) is 26.3. The average molecular weight is 539 g/mol. The largest absolute Gasteiger partial charge is 0.446 e. The highest BCUT2D eigenvalue weighted by Gasteiger charge is 2.28. The molecule has 11 nitrogen and oxygen atoms in total. The van der Waals surface area contributed by atoms with Gasteiger partial charge < -0.3 is 15.0 Å². The van der Waals surface area contributed by atoms with Crippen molar-refractivity contribution in [3.8, 4) is 17.2 Å². The second kappa shape index (κ2) is 9.57. The van der Waals surface area contributed by atoms with E-state index in [-0.39, 0.29) is 33.8 Å². The molecule has 0 atom stereocenters. The molecule has 0 aliphatic carbocycles. The van der Waals surface area contributed by atoms with Crippen molar-refractivity contribution in [2.75, 3.05) is 25.0 Å². The number of carbonyl (C=O) groups is 1. The summed E-state index contributed by atoms with van der Waals surface area (Å²) in [5.41, 5.74) is -0.0203. The van der Waals surface area contributed by atoms with E-state index in [4.69, 9.17) is 13.9 Å². The summed E-state index contributed by atoms with van der Waals surface area (Å²) in [6, 6.07) is 4.06. The van der Waals surface area contributed by atoms with Gasteiger partial charge in [0.15, 0.2) is 5.69 Å². The fraction of sp³-hybridized carbons (Fsp3) is 0.476. The van der Waals surface area contributed by atoms with Gasteiger partial charge in [0.2, 0.25) is 11.6 Å². The Bertz CT molecular complexity index is 1220. The molecule has 34 heavy (non-hydrogen) atoms. The fourth-order valence-electron chi connectivity index (χ4n) is 3.59. The number of hydrogen-bond donors (Lipinski definition) is 1. The Balaban J connectivity index is 1.43. The van der Waals surface area contributed by atoms with Gasteiger partial charge in [-0.05, 0) is 84.0 Å². The molecule has 182 valence electrons. The van der Waals surface area contributed by atoms with Crippen LogP contribution in [0.4, 0.5) is 15.0 Å². The van der Waals surface area contributed by atoms with Crippen molar-refractivity contribution in [2.45, 2.75) is 39.2 Å². The molecule has 0 spiro atoms. The first kappa shape index (κ1) is 23.9. The molecule has 4 rings (SSSR count). The third-order valence-electron chi connectivity index (χ3n) is 5.29. The number of nitrogens with one attached hydrogen (secondary N) is 1. The standard InChI is InChI=1S/C21H24BrFN6O5/c1-21(2,3)32-19(30)28-8-6-12(7-9-28)11-24-17-16(25-34-26-17)18-27-33-20(31)29(18)13-4-5-15(23)14(22)10-13/h4-5,10,12H,6-9,11H2,1-3H3,(H,24,26). The Morgan fingerprint density at radius 3 is 2.68 bits per heavy atom. The summed E-state index contributed by atoms with van der Waals surface area (Å²) >= 11 is 3.11. The molecule has 0 bridgehead atoms. The summed E-state index contributed by atoms with van der Waals surface area (Å²) in [5.74, 6) is -0.615. The number of carbonyl (C=O) groups excluding carboxylic acids is 1. The first-order valence-corrected chi connectivity index (χ1v) is 11.5. The van der Waals surface area contributed by atoms with Gasteiger partial charge in [-0.25, -0.2) is 23.2 Å². The van der Waals surface area contributed by atoms with Crippen LogP contribution in [-0.2, 0) is 4.74 Å². The van der Waals surface area contributed by atoms with Crippen LogP contribution in [0.5, 0.6) is 0 Å². The van der Waals surface area contributed by atoms with E-state index in [1.165, 1.54) is 18.2 Å². The van der Waals surface area contributed by atoms with Gasteiger partial charge in [-0.1, -0.05) is 5.16 Å². The Kier molecular flexibility index (Phi) is 6.73. The number of rotatable bonds is 5. The molecule has 1 N–H and O–H groups in total. The fourth-order valence-corrected chi connectivity index (χ4v) is 3.96. The number of aromatic nitrogens is 4. The van der Waals surface area contributed by atoms with Crippen LogP contribution in [0, 0.1) is 11.7 Å². The van der Waals surface area contributed by atoms with Crippen LogP contribution < -0.4 is 11.1 Å². The number of amides is 1. The third kappa shape index (κ3) is 5.29. The third-order valence-corrected chi connectivity index (χ3v) is 5.90. The van der Waals surface area contributed by atoms with Crippen molar-refractivity contribution in [1.82, 2.24) is 24.9 Å². The monoisotopic (exact) mass is 538 g/mol.